The van der Waals surface area contributed by atoms with Crippen LogP contribution in [0.1, 0.15) is 16.9 Å². The summed E-state index contributed by atoms with van der Waals surface area (Å²) < 4.78 is 5.67. The van der Waals surface area contributed by atoms with Gasteiger partial charge in [-0.1, -0.05) is 23.2 Å². The first-order chi connectivity index (χ1) is 12.1. The van der Waals surface area contributed by atoms with Gasteiger partial charge >= 0.3 is 0 Å². The highest BCUT2D eigenvalue weighted by Crippen LogP contribution is 2.39. The van der Waals surface area contributed by atoms with Crippen LogP contribution in [-0.4, -0.2) is 22.5 Å². The van der Waals surface area contributed by atoms with Crippen molar-refractivity contribution in [1.29, 1.82) is 0 Å². The highest BCUT2D eigenvalue weighted by atomic mass is 35.5. The zero-order valence-corrected chi connectivity index (χ0v) is 15.3. The van der Waals surface area contributed by atoms with Crippen LogP contribution in [0.4, 0.5) is 5.69 Å². The minimum atomic E-state index is -0.317. The molecule has 8 heteroatoms. The van der Waals surface area contributed by atoms with Gasteiger partial charge in [-0.15, -0.1) is 11.3 Å². The number of anilines is 1. The van der Waals surface area contributed by atoms with E-state index in [4.69, 9.17) is 27.9 Å². The molecular formula is C17H13Cl2N3O2S. The van der Waals surface area contributed by atoms with Gasteiger partial charge in [-0.2, -0.15) is 0 Å². The van der Waals surface area contributed by atoms with Crippen molar-refractivity contribution in [3.63, 3.8) is 0 Å². The van der Waals surface area contributed by atoms with Crippen molar-refractivity contribution in [2.45, 2.75) is 19.3 Å². The average molecular weight is 394 g/mol. The zero-order valence-electron chi connectivity index (χ0n) is 13.0. The van der Waals surface area contributed by atoms with Crippen LogP contribution in [0, 0.1) is 0 Å². The number of benzene rings is 1. The van der Waals surface area contributed by atoms with Gasteiger partial charge in [0.1, 0.15) is 11.2 Å². The number of halogens is 2. The summed E-state index contributed by atoms with van der Waals surface area (Å²) in [4.78, 5) is 23.0. The van der Waals surface area contributed by atoms with Gasteiger partial charge in [-0.3, -0.25) is 4.79 Å². The number of hydrogen-bond acceptors (Lipinski definition) is 5. The van der Waals surface area contributed by atoms with Crippen molar-refractivity contribution in [3.8, 4) is 5.88 Å². The van der Waals surface area contributed by atoms with Crippen molar-refractivity contribution in [3.05, 3.63) is 45.0 Å². The van der Waals surface area contributed by atoms with Gasteiger partial charge < -0.3 is 10.1 Å². The molecule has 1 aliphatic carbocycles. The summed E-state index contributed by atoms with van der Waals surface area (Å²) >= 11 is 13.6. The lowest BCUT2D eigenvalue weighted by molar-refractivity contribution is -0.118. The van der Waals surface area contributed by atoms with Crippen LogP contribution in [0.15, 0.2) is 24.5 Å². The number of aryl methyl sites for hydroxylation is 2. The van der Waals surface area contributed by atoms with E-state index >= 15 is 0 Å². The number of ether oxygens (including phenoxy) is 1. The number of carbonyl (C=O) groups is 1. The second-order valence-electron chi connectivity index (χ2n) is 5.68. The van der Waals surface area contributed by atoms with Gasteiger partial charge in [0.2, 0.25) is 5.88 Å². The van der Waals surface area contributed by atoms with Crippen LogP contribution in [0.2, 0.25) is 10.0 Å². The number of nitrogens with zero attached hydrogens (tertiary/aromatic N) is 2. The van der Waals surface area contributed by atoms with E-state index in [0.29, 0.717) is 21.6 Å². The molecule has 1 aliphatic rings. The van der Waals surface area contributed by atoms with Crippen LogP contribution in [0.3, 0.4) is 0 Å². The molecule has 5 nitrogen and oxygen atoms in total. The lowest BCUT2D eigenvalue weighted by Gasteiger charge is -2.09. The number of aromatic nitrogens is 2. The first-order valence-electron chi connectivity index (χ1n) is 7.75. The molecular weight excluding hydrogens is 381 g/mol. The van der Waals surface area contributed by atoms with E-state index in [9.17, 15) is 4.79 Å². The molecule has 2 aromatic heterocycles. The molecule has 1 amide bonds. The van der Waals surface area contributed by atoms with Crippen molar-refractivity contribution in [2.75, 3.05) is 11.9 Å². The predicted octanol–water partition coefficient (Wildman–Crippen LogP) is 4.50. The SMILES string of the molecule is O=C(COc1ncnc2sc3c(c12)CCC3)Nc1ccc(Cl)cc1Cl. The number of amides is 1. The van der Waals surface area contributed by atoms with E-state index in [0.717, 1.165) is 29.5 Å². The Morgan fingerprint density at radius 2 is 2.16 bits per heavy atom. The Kier molecular flexibility index (Phi) is 4.50. The van der Waals surface area contributed by atoms with Gasteiger partial charge in [0.15, 0.2) is 6.61 Å². The van der Waals surface area contributed by atoms with E-state index in [-0.39, 0.29) is 12.5 Å². The number of thiophene rings is 1. The monoisotopic (exact) mass is 393 g/mol. The van der Waals surface area contributed by atoms with Gasteiger partial charge in [-0.25, -0.2) is 9.97 Å². The Morgan fingerprint density at radius 1 is 1.28 bits per heavy atom. The lowest BCUT2D eigenvalue weighted by Crippen LogP contribution is -2.20. The maximum absolute atomic E-state index is 12.2. The number of rotatable bonds is 4. The zero-order chi connectivity index (χ0) is 17.4. The Bertz CT molecular complexity index is 974. The second-order valence-corrected chi connectivity index (χ2v) is 7.60. The van der Waals surface area contributed by atoms with Crippen molar-refractivity contribution < 1.29 is 9.53 Å². The molecule has 2 heterocycles. The number of carbonyl (C=O) groups excluding carboxylic acids is 1. The summed E-state index contributed by atoms with van der Waals surface area (Å²) in [5.74, 6) is 0.143. The van der Waals surface area contributed by atoms with Crippen molar-refractivity contribution >= 4 is 56.3 Å². The Morgan fingerprint density at radius 3 is 3.00 bits per heavy atom. The molecule has 0 fully saturated rings. The summed E-state index contributed by atoms with van der Waals surface area (Å²) in [6.45, 7) is -0.157. The van der Waals surface area contributed by atoms with E-state index in [1.54, 1.807) is 29.5 Å². The molecule has 0 saturated heterocycles. The molecule has 0 spiro atoms. The fraction of sp³-hybridized carbons (Fsp3) is 0.235. The second kappa shape index (κ2) is 6.78. The Labute approximate surface area is 158 Å². The average Bonchev–Trinajstić information content (AvgIpc) is 3.16. The lowest BCUT2D eigenvalue weighted by atomic mass is 10.2. The third-order valence-corrected chi connectivity index (χ3v) is 5.76. The van der Waals surface area contributed by atoms with Crippen LogP contribution in [0.5, 0.6) is 5.88 Å². The molecule has 25 heavy (non-hydrogen) atoms. The number of fused-ring (bicyclic) bond motifs is 3. The van der Waals surface area contributed by atoms with E-state index in [1.165, 1.54) is 16.8 Å². The summed E-state index contributed by atoms with van der Waals surface area (Å²) in [6, 6.07) is 4.88. The molecule has 4 rings (SSSR count). The fourth-order valence-electron chi connectivity index (χ4n) is 2.92. The van der Waals surface area contributed by atoms with Crippen LogP contribution >= 0.6 is 34.5 Å². The molecule has 0 unspecified atom stereocenters. The molecule has 128 valence electrons. The molecule has 0 atom stereocenters. The van der Waals surface area contributed by atoms with Gasteiger partial charge in [-0.05, 0) is 43.0 Å². The molecule has 0 saturated carbocycles. The largest absolute Gasteiger partial charge is 0.467 e. The first-order valence-corrected chi connectivity index (χ1v) is 9.32. The number of hydrogen-bond donors (Lipinski definition) is 1. The maximum atomic E-state index is 12.2. The molecule has 1 aromatic carbocycles. The third kappa shape index (κ3) is 3.29. The number of nitrogens with one attached hydrogen (secondary N) is 1. The minimum absolute atomic E-state index is 0.157. The Balaban J connectivity index is 1.50. The minimum Gasteiger partial charge on any atom is -0.467 e. The highest BCUT2D eigenvalue weighted by Gasteiger charge is 2.22. The van der Waals surface area contributed by atoms with E-state index < -0.39 is 0 Å². The Hall–Kier alpha value is -1.89. The molecule has 1 N–H and O–H groups in total. The summed E-state index contributed by atoms with van der Waals surface area (Å²) in [7, 11) is 0. The summed E-state index contributed by atoms with van der Waals surface area (Å²) in [5.41, 5.74) is 1.75. The predicted molar refractivity (Wildman–Crippen MR) is 100 cm³/mol. The van der Waals surface area contributed by atoms with Gasteiger partial charge in [0.25, 0.3) is 5.91 Å². The topological polar surface area (TPSA) is 64.1 Å². The van der Waals surface area contributed by atoms with E-state index in [2.05, 4.69) is 15.3 Å². The smallest absolute Gasteiger partial charge is 0.262 e. The van der Waals surface area contributed by atoms with Gasteiger partial charge in [0, 0.05) is 9.90 Å². The molecule has 3 aromatic rings. The van der Waals surface area contributed by atoms with Crippen LogP contribution in [0.25, 0.3) is 10.2 Å². The van der Waals surface area contributed by atoms with Crippen molar-refractivity contribution in [2.24, 2.45) is 0 Å². The third-order valence-electron chi connectivity index (χ3n) is 4.01. The van der Waals surface area contributed by atoms with Gasteiger partial charge in [0.05, 0.1) is 16.1 Å². The summed E-state index contributed by atoms with van der Waals surface area (Å²) in [5, 5.41) is 4.53. The quantitative estimate of drug-likeness (QED) is 0.708. The van der Waals surface area contributed by atoms with E-state index in [1.807, 2.05) is 0 Å². The molecule has 0 bridgehead atoms. The standard InChI is InChI=1S/C17H13Cl2N3O2S/c18-9-4-5-12(11(19)6-9)22-14(23)7-24-16-15-10-2-1-3-13(10)25-17(15)21-8-20-16/h4-6,8H,1-3,7H2,(H,22,23). The highest BCUT2D eigenvalue weighted by molar-refractivity contribution is 7.18. The van der Waals surface area contributed by atoms with Crippen LogP contribution < -0.4 is 10.1 Å². The fourth-order valence-corrected chi connectivity index (χ4v) is 4.60. The maximum Gasteiger partial charge on any atom is 0.262 e. The summed E-state index contributed by atoms with van der Waals surface area (Å²) in [6.07, 6.45) is 4.69. The first kappa shape index (κ1) is 16.6. The molecule has 0 radical (unpaired) electrons. The molecule has 0 aliphatic heterocycles. The normalized spacial score (nSPS) is 13.0. The van der Waals surface area contributed by atoms with Crippen LogP contribution in [-0.2, 0) is 17.6 Å². The van der Waals surface area contributed by atoms with Crippen molar-refractivity contribution in [1.82, 2.24) is 9.97 Å².